The van der Waals surface area contributed by atoms with Crippen LogP contribution in [-0.4, -0.2) is 35.2 Å². The van der Waals surface area contributed by atoms with Gasteiger partial charge in [0.2, 0.25) is 6.41 Å². The average molecular weight is 618 g/mol. The first-order chi connectivity index (χ1) is 19.5. The molecule has 1 saturated carbocycles. The number of benzene rings is 2. The number of carboxylic acid groups (broad SMARTS) is 1. The van der Waals surface area contributed by atoms with E-state index in [1.165, 1.54) is 43.9 Å². The molecule has 1 amide bonds. The molecule has 0 heterocycles. The number of aryl methyl sites for hydroxylation is 1. The summed E-state index contributed by atoms with van der Waals surface area (Å²) in [7, 11) is 1.76. The molecule has 2 aromatic carbocycles. The fourth-order valence-corrected chi connectivity index (χ4v) is 4.63. The smallest absolute Gasteiger partial charge is 0.550 e. The molecule has 42 heavy (non-hydrogen) atoms. The average Bonchev–Trinajstić information content (AvgIpc) is 2.97. The minimum atomic E-state index is -1.04. The Kier molecular flexibility index (Phi) is 28.5. The van der Waals surface area contributed by atoms with Gasteiger partial charge in [-0.05, 0) is 73.3 Å². The molecule has 7 nitrogen and oxygen atoms in total. The molecular weight excluding hydrogens is 568 g/mol. The number of carbonyl (C=O) groups is 2. The zero-order valence-corrected chi connectivity index (χ0v) is 29.5. The molecule has 0 spiro atoms. The minimum Gasteiger partial charge on any atom is -0.550 e. The van der Waals surface area contributed by atoms with Gasteiger partial charge >= 0.3 is 29.6 Å². The molecule has 2 aromatic rings. The summed E-state index contributed by atoms with van der Waals surface area (Å²) in [6.07, 6.45) is 8.07. The Morgan fingerprint density at radius 2 is 1.69 bits per heavy atom. The van der Waals surface area contributed by atoms with Crippen molar-refractivity contribution >= 4 is 29.7 Å². The molecule has 0 bridgehead atoms. The van der Waals surface area contributed by atoms with Crippen molar-refractivity contribution in [3.05, 3.63) is 70.0 Å². The Morgan fingerprint density at radius 1 is 1.17 bits per heavy atom. The first-order valence-corrected chi connectivity index (χ1v) is 14.6. The first kappa shape index (κ1) is 44.6. The van der Waals surface area contributed by atoms with Gasteiger partial charge in [-0.1, -0.05) is 95.8 Å². The second-order valence-electron chi connectivity index (χ2n) is 9.94. The van der Waals surface area contributed by atoms with Gasteiger partial charge in [0.05, 0.1) is 11.1 Å². The maximum Gasteiger partial charge on any atom is 1.00 e. The van der Waals surface area contributed by atoms with E-state index in [0.717, 1.165) is 35.8 Å². The molecule has 1 aliphatic carbocycles. The van der Waals surface area contributed by atoms with E-state index in [1.807, 2.05) is 45.0 Å². The van der Waals surface area contributed by atoms with Crippen molar-refractivity contribution in [1.29, 1.82) is 5.41 Å². The van der Waals surface area contributed by atoms with Crippen LogP contribution in [0.5, 0.6) is 0 Å². The largest absolute Gasteiger partial charge is 1.00 e. The van der Waals surface area contributed by atoms with Gasteiger partial charge in [-0.25, -0.2) is 10.3 Å². The number of hydrogen-bond donors (Lipinski definition) is 3. The van der Waals surface area contributed by atoms with Crippen molar-refractivity contribution in [3.8, 4) is 0 Å². The van der Waals surface area contributed by atoms with E-state index in [2.05, 4.69) is 19.7 Å². The van der Waals surface area contributed by atoms with Gasteiger partial charge in [0.1, 0.15) is 5.82 Å². The summed E-state index contributed by atoms with van der Waals surface area (Å²) in [5.74, 6) is 4.04. The van der Waals surface area contributed by atoms with E-state index in [4.69, 9.17) is 22.2 Å². The molecular formula is C32H50ClFN3NaO4. The van der Waals surface area contributed by atoms with Gasteiger partial charge in [0.15, 0.2) is 0 Å². The number of carboxylic acids is 1. The molecule has 10 heteroatoms. The second-order valence-corrected chi connectivity index (χ2v) is 10.3. The van der Waals surface area contributed by atoms with Crippen molar-refractivity contribution in [2.24, 2.45) is 17.7 Å². The molecule has 3 unspecified atom stereocenters. The number of halogens is 2. The van der Waals surface area contributed by atoms with Gasteiger partial charge in [-0.15, -0.1) is 0 Å². The van der Waals surface area contributed by atoms with Gasteiger partial charge in [0, 0.05) is 18.7 Å². The predicted molar refractivity (Wildman–Crippen MR) is 165 cm³/mol. The van der Waals surface area contributed by atoms with Crippen molar-refractivity contribution in [1.82, 2.24) is 4.90 Å². The Labute approximate surface area is 279 Å². The van der Waals surface area contributed by atoms with Crippen molar-refractivity contribution in [2.45, 2.75) is 92.5 Å². The van der Waals surface area contributed by atoms with Crippen molar-refractivity contribution < 1.29 is 53.9 Å². The SMILES string of the molecule is CC.CC(=N)c1ccc(F)c(Cl)c1.CC1CCCC(C)C1.CCC(c1ccc(CCC(=O)[O-])cc1)N(C)C=O.NO.[Na+]. The second kappa shape index (κ2) is 26.8. The number of hydrogen-bond acceptors (Lipinski definition) is 6. The van der Waals surface area contributed by atoms with Gasteiger partial charge in [-0.2, -0.15) is 0 Å². The Morgan fingerprint density at radius 3 is 2.05 bits per heavy atom. The third-order valence-electron chi connectivity index (χ3n) is 6.58. The van der Waals surface area contributed by atoms with Crippen molar-refractivity contribution in [3.63, 3.8) is 0 Å². The van der Waals surface area contributed by atoms with Crippen LogP contribution in [0.1, 0.15) is 103 Å². The van der Waals surface area contributed by atoms with Crippen LogP contribution < -0.4 is 40.6 Å². The summed E-state index contributed by atoms with van der Waals surface area (Å²) in [6.45, 7) is 12.4. The number of aliphatic carboxylic acids is 1. The fraction of sp³-hybridized carbons (Fsp3) is 0.531. The van der Waals surface area contributed by atoms with Crippen LogP contribution in [0.3, 0.4) is 0 Å². The van der Waals surface area contributed by atoms with Crippen LogP contribution in [0, 0.1) is 23.1 Å². The molecule has 0 aromatic heterocycles. The summed E-state index contributed by atoms with van der Waals surface area (Å²) in [5, 5.41) is 24.2. The third kappa shape index (κ3) is 19.4. The van der Waals surface area contributed by atoms with Crippen LogP contribution in [0.2, 0.25) is 5.02 Å². The summed E-state index contributed by atoms with van der Waals surface area (Å²) >= 11 is 5.49. The van der Waals surface area contributed by atoms with Crippen molar-refractivity contribution in [2.75, 3.05) is 7.05 Å². The number of carbonyl (C=O) groups excluding carboxylic acids is 2. The zero-order chi connectivity index (χ0) is 32.0. The van der Waals surface area contributed by atoms with E-state index in [-0.39, 0.29) is 47.0 Å². The number of nitrogens with one attached hydrogen (secondary N) is 1. The summed E-state index contributed by atoms with van der Waals surface area (Å²) < 4.78 is 12.6. The van der Waals surface area contributed by atoms with Gasteiger partial charge in [0.25, 0.3) is 0 Å². The normalized spacial score (nSPS) is 15.5. The maximum absolute atomic E-state index is 12.6. The number of nitrogens with two attached hydrogens (primary N) is 1. The first-order valence-electron chi connectivity index (χ1n) is 14.2. The summed E-state index contributed by atoms with van der Waals surface area (Å²) in [6, 6.07) is 12.0. The molecule has 0 radical (unpaired) electrons. The monoisotopic (exact) mass is 617 g/mol. The summed E-state index contributed by atoms with van der Waals surface area (Å²) in [4.78, 5) is 22.8. The fourth-order valence-electron chi connectivity index (χ4n) is 4.45. The molecule has 0 saturated heterocycles. The van der Waals surface area contributed by atoms with Crippen LogP contribution >= 0.6 is 11.6 Å². The van der Waals surface area contributed by atoms with Crippen LogP contribution in [0.4, 0.5) is 4.39 Å². The molecule has 3 rings (SSSR count). The molecule has 1 fully saturated rings. The minimum absolute atomic E-state index is 0. The predicted octanol–water partition coefficient (Wildman–Crippen LogP) is 3.97. The van der Waals surface area contributed by atoms with Crippen LogP contribution in [0.25, 0.3) is 0 Å². The number of amides is 1. The maximum atomic E-state index is 12.6. The molecule has 3 atom stereocenters. The molecule has 0 aliphatic heterocycles. The molecule has 4 N–H and O–H groups in total. The Bertz CT molecular complexity index is 1000. The van der Waals surface area contributed by atoms with Gasteiger partial charge < -0.3 is 25.4 Å². The topological polar surface area (TPSA) is 131 Å². The van der Waals surface area contributed by atoms with E-state index in [9.17, 15) is 19.1 Å². The van der Waals surface area contributed by atoms with E-state index < -0.39 is 11.8 Å². The molecule has 232 valence electrons. The Balaban J connectivity index is -0.000000542. The van der Waals surface area contributed by atoms with Crippen LogP contribution in [0.15, 0.2) is 42.5 Å². The quantitative estimate of drug-likeness (QED) is 0.179. The third-order valence-corrected chi connectivity index (χ3v) is 6.87. The van der Waals surface area contributed by atoms with Crippen LogP contribution in [-0.2, 0) is 16.0 Å². The van der Waals surface area contributed by atoms with E-state index >= 15 is 0 Å². The standard InChI is InChI=1S/C14H19NO3.C8H7ClFN.C8H16.C2H6.H3NO.Na/c1-3-13(15(2)10-16)12-7-4-11(5-8-12)6-9-14(17)18;1-5(11)6-2-3-8(10)7(9)4-6;1-7-4-3-5-8(2)6-7;2*1-2;/h4-5,7-8,10,13H,3,6,9H2,1-2H3,(H,17,18);2-4,11H,1H3;7-8H,3-6H2,1-2H3;1-2H3;2H,1H2;/q;;;;;+1/p-1. The van der Waals surface area contributed by atoms with E-state index in [1.54, 1.807) is 18.9 Å². The Hall–Kier alpha value is -1.81. The summed E-state index contributed by atoms with van der Waals surface area (Å²) in [5.41, 5.74) is 3.05. The van der Waals surface area contributed by atoms with E-state index in [0.29, 0.717) is 17.7 Å². The number of nitrogens with zero attached hydrogens (tertiary/aromatic N) is 1. The molecule has 1 aliphatic rings. The zero-order valence-electron chi connectivity index (χ0n) is 26.8. The number of rotatable bonds is 8. The van der Waals surface area contributed by atoms with Gasteiger partial charge in [-0.3, -0.25) is 4.79 Å².